The molecule has 0 radical (unpaired) electrons. The largest absolute Gasteiger partial charge is 0.368 e. The third kappa shape index (κ3) is 13.3. The molecular formula is C37H46N10O9. The molecule has 56 heavy (non-hydrogen) atoms. The molecule has 9 amide bonds. The molecule has 2 aromatic carbocycles. The van der Waals surface area contributed by atoms with Gasteiger partial charge in [-0.05, 0) is 30.0 Å². The number of aromatic nitrogens is 1. The van der Waals surface area contributed by atoms with Crippen LogP contribution >= 0.6 is 0 Å². The van der Waals surface area contributed by atoms with Crippen LogP contribution in [0.5, 0.6) is 0 Å². The second-order valence-corrected chi connectivity index (χ2v) is 13.1. The summed E-state index contributed by atoms with van der Waals surface area (Å²) < 4.78 is 0. The van der Waals surface area contributed by atoms with E-state index in [1.165, 1.54) is 6.92 Å². The van der Waals surface area contributed by atoms with Gasteiger partial charge in [0.05, 0.1) is 19.6 Å². The number of para-hydroxylation sites is 1. The van der Waals surface area contributed by atoms with Gasteiger partial charge in [-0.2, -0.15) is 0 Å². The third-order valence-corrected chi connectivity index (χ3v) is 8.76. The summed E-state index contributed by atoms with van der Waals surface area (Å²) in [5, 5.41) is 20.7. The monoisotopic (exact) mass is 774 g/mol. The minimum absolute atomic E-state index is 0.0134. The maximum atomic E-state index is 13.6. The summed E-state index contributed by atoms with van der Waals surface area (Å²) in [5.41, 5.74) is 7.86. The topological polar surface area (TPSA) is 292 Å². The Hall–Kier alpha value is -6.79. The molecule has 1 aromatic heterocycles. The van der Waals surface area contributed by atoms with Crippen LogP contribution in [-0.2, 0) is 56.0 Å². The minimum Gasteiger partial charge on any atom is -0.368 e. The Balaban J connectivity index is 1.53. The van der Waals surface area contributed by atoms with Gasteiger partial charge in [-0.25, -0.2) is 0 Å². The van der Waals surface area contributed by atoms with Gasteiger partial charge in [-0.3, -0.25) is 43.2 Å². The fourth-order valence-electron chi connectivity index (χ4n) is 5.85. The standard InChI is InChI=1S/C37H46N10O9/c1-21(48)40-18-31(50)44-26-11-12-30(49)39-14-13-27(37(56)47-28(34(38)53)16-23-17-41-25-10-6-5-9-24(23)25)45-32(51)19-43-36(55)29(15-22-7-3-2-4-8-22)46-33(52)20-42-35(26)54/h2-10,17,26-29,41H,11-16,18-20H2,1H3,(H2,38,53)(H,39,49)(H,40,48)(H,42,54)(H,43,55)(H,44,50)(H,45,51)(H,46,52)(H,47,56)/t26-,27-,28-,29+/m0/s1. The number of aromatic amines is 1. The average molecular weight is 775 g/mol. The predicted molar refractivity (Wildman–Crippen MR) is 201 cm³/mol. The van der Waals surface area contributed by atoms with Crippen molar-refractivity contribution in [2.75, 3.05) is 26.2 Å². The van der Waals surface area contributed by atoms with Gasteiger partial charge in [0.25, 0.3) is 0 Å². The first-order valence-electron chi connectivity index (χ1n) is 17.9. The molecule has 0 aliphatic carbocycles. The van der Waals surface area contributed by atoms with E-state index in [-0.39, 0.29) is 38.6 Å². The van der Waals surface area contributed by atoms with Crippen molar-refractivity contribution >= 4 is 64.1 Å². The third-order valence-electron chi connectivity index (χ3n) is 8.76. The van der Waals surface area contributed by atoms with Gasteiger partial charge < -0.3 is 53.3 Å². The lowest BCUT2D eigenvalue weighted by Crippen LogP contribution is -2.56. The maximum absolute atomic E-state index is 13.6. The number of rotatable bonds is 10. The molecule has 19 heteroatoms. The molecule has 3 aromatic rings. The summed E-state index contributed by atoms with van der Waals surface area (Å²) in [6.07, 6.45) is 1.06. The summed E-state index contributed by atoms with van der Waals surface area (Å²) in [6.45, 7) is -0.618. The zero-order valence-electron chi connectivity index (χ0n) is 30.7. The van der Waals surface area contributed by atoms with Crippen LogP contribution in [0, 0.1) is 0 Å². The molecule has 0 unspecified atom stereocenters. The SMILES string of the molecule is CC(=O)NCC(=O)N[C@H]1CCC(=O)NCC[C@@H](C(=O)N[C@@H](Cc2c[nH]c3ccccc23)C(N)=O)NC(=O)CNC(=O)[C@@H](Cc2ccccc2)NC(=O)CNC1=O. The van der Waals surface area contributed by atoms with Crippen molar-refractivity contribution in [1.29, 1.82) is 0 Å². The Morgan fingerprint density at radius 1 is 0.821 bits per heavy atom. The lowest BCUT2D eigenvalue weighted by atomic mass is 10.0. The quantitative estimate of drug-likeness (QED) is 0.101. The first-order valence-corrected chi connectivity index (χ1v) is 17.9. The number of carbonyl (C=O) groups excluding carboxylic acids is 9. The fourth-order valence-corrected chi connectivity index (χ4v) is 5.85. The summed E-state index contributed by atoms with van der Waals surface area (Å²) >= 11 is 0. The van der Waals surface area contributed by atoms with E-state index in [4.69, 9.17) is 5.73 Å². The number of hydrogen-bond donors (Lipinski definition) is 10. The average Bonchev–Trinajstić information content (AvgIpc) is 3.58. The number of fused-ring (bicyclic) bond motifs is 1. The minimum atomic E-state index is -1.32. The molecule has 2 heterocycles. The highest BCUT2D eigenvalue weighted by Gasteiger charge is 2.29. The van der Waals surface area contributed by atoms with Crippen LogP contribution in [0.25, 0.3) is 10.9 Å². The second kappa shape index (κ2) is 20.6. The molecule has 4 rings (SSSR count). The highest BCUT2D eigenvalue weighted by molar-refractivity contribution is 5.96. The van der Waals surface area contributed by atoms with Gasteiger partial charge in [0.1, 0.15) is 24.2 Å². The Morgan fingerprint density at radius 2 is 1.50 bits per heavy atom. The molecule has 1 aliphatic rings. The Bertz CT molecular complexity index is 1930. The predicted octanol–water partition coefficient (Wildman–Crippen LogP) is -2.95. The van der Waals surface area contributed by atoms with E-state index in [1.807, 2.05) is 24.3 Å². The molecule has 4 atom stereocenters. The normalized spacial score (nSPS) is 19.6. The van der Waals surface area contributed by atoms with Crippen molar-refractivity contribution in [3.05, 3.63) is 71.9 Å². The Morgan fingerprint density at radius 3 is 2.21 bits per heavy atom. The number of primary amides is 1. The van der Waals surface area contributed by atoms with Gasteiger partial charge in [-0.15, -0.1) is 0 Å². The zero-order chi connectivity index (χ0) is 40.6. The number of nitrogens with one attached hydrogen (secondary N) is 9. The van der Waals surface area contributed by atoms with Crippen LogP contribution in [0.2, 0.25) is 0 Å². The molecule has 1 aliphatic heterocycles. The van der Waals surface area contributed by atoms with E-state index < -0.39 is 97.0 Å². The van der Waals surface area contributed by atoms with E-state index in [2.05, 4.69) is 47.5 Å². The van der Waals surface area contributed by atoms with Crippen LogP contribution in [0.15, 0.2) is 60.8 Å². The van der Waals surface area contributed by atoms with Gasteiger partial charge in [-0.1, -0.05) is 48.5 Å². The van der Waals surface area contributed by atoms with Gasteiger partial charge in [0.15, 0.2) is 0 Å². The smallest absolute Gasteiger partial charge is 0.243 e. The molecule has 0 bridgehead atoms. The Kier molecular flexibility index (Phi) is 15.4. The van der Waals surface area contributed by atoms with E-state index >= 15 is 0 Å². The van der Waals surface area contributed by atoms with Crippen LogP contribution < -0.4 is 48.3 Å². The molecule has 11 N–H and O–H groups in total. The summed E-state index contributed by atoms with van der Waals surface area (Å²) in [5.74, 6) is -6.53. The van der Waals surface area contributed by atoms with E-state index in [9.17, 15) is 43.2 Å². The number of benzene rings is 2. The number of carbonyl (C=O) groups is 9. The van der Waals surface area contributed by atoms with Crippen molar-refractivity contribution in [3.8, 4) is 0 Å². The highest BCUT2D eigenvalue weighted by Crippen LogP contribution is 2.19. The number of H-pyrrole nitrogens is 1. The molecule has 0 saturated carbocycles. The van der Waals surface area contributed by atoms with Gasteiger partial charge in [0, 0.05) is 49.8 Å². The number of amides is 9. The summed E-state index contributed by atoms with van der Waals surface area (Å²) in [4.78, 5) is 119. The molecule has 19 nitrogen and oxygen atoms in total. The molecule has 1 saturated heterocycles. The van der Waals surface area contributed by atoms with Gasteiger partial charge >= 0.3 is 0 Å². The molecule has 1 fully saturated rings. The number of hydrogen-bond acceptors (Lipinski definition) is 9. The van der Waals surface area contributed by atoms with E-state index in [0.717, 1.165) is 10.9 Å². The fraction of sp³-hybridized carbons (Fsp3) is 0.378. The van der Waals surface area contributed by atoms with Gasteiger partial charge in [0.2, 0.25) is 53.2 Å². The van der Waals surface area contributed by atoms with Crippen molar-refractivity contribution in [2.45, 2.75) is 63.2 Å². The molecule has 298 valence electrons. The van der Waals surface area contributed by atoms with Crippen LogP contribution in [-0.4, -0.2) is 108 Å². The van der Waals surface area contributed by atoms with Crippen LogP contribution in [0.1, 0.15) is 37.3 Å². The number of nitrogens with two attached hydrogens (primary N) is 1. The highest BCUT2D eigenvalue weighted by atomic mass is 16.2. The van der Waals surface area contributed by atoms with Crippen LogP contribution in [0.3, 0.4) is 0 Å². The van der Waals surface area contributed by atoms with Crippen molar-refractivity contribution in [1.82, 2.24) is 47.5 Å². The summed E-state index contributed by atoms with van der Waals surface area (Å²) in [6, 6.07) is 11.0. The van der Waals surface area contributed by atoms with Crippen molar-refractivity contribution < 1.29 is 43.2 Å². The molecule has 0 spiro atoms. The molecular weight excluding hydrogens is 728 g/mol. The van der Waals surface area contributed by atoms with E-state index in [1.54, 1.807) is 36.5 Å². The lowest BCUT2D eigenvalue weighted by molar-refractivity contribution is -0.133. The first-order chi connectivity index (χ1) is 26.8. The summed E-state index contributed by atoms with van der Waals surface area (Å²) in [7, 11) is 0. The van der Waals surface area contributed by atoms with Crippen molar-refractivity contribution in [2.24, 2.45) is 5.73 Å². The van der Waals surface area contributed by atoms with Crippen LogP contribution in [0.4, 0.5) is 0 Å². The lowest BCUT2D eigenvalue weighted by Gasteiger charge is -2.23. The first kappa shape index (κ1) is 42.0. The maximum Gasteiger partial charge on any atom is 0.243 e. The Labute approximate surface area is 321 Å². The second-order valence-electron chi connectivity index (χ2n) is 13.1. The van der Waals surface area contributed by atoms with E-state index in [0.29, 0.717) is 11.1 Å². The zero-order valence-corrected chi connectivity index (χ0v) is 30.7. The van der Waals surface area contributed by atoms with Crippen molar-refractivity contribution in [3.63, 3.8) is 0 Å².